The lowest BCUT2D eigenvalue weighted by Crippen LogP contribution is -2.23. The van der Waals surface area contributed by atoms with E-state index in [4.69, 9.17) is 9.26 Å². The number of hydrogen-bond acceptors (Lipinski definition) is 7. The maximum Gasteiger partial charge on any atom is 0.252 e. The molecule has 1 fully saturated rings. The predicted molar refractivity (Wildman–Crippen MR) is 69.5 cm³/mol. The molecule has 0 unspecified atom stereocenters. The molecule has 0 N–H and O–H groups in total. The summed E-state index contributed by atoms with van der Waals surface area (Å²) in [6.07, 6.45) is 4.20. The van der Waals surface area contributed by atoms with Gasteiger partial charge in [-0.25, -0.2) is 4.98 Å². The second-order valence-electron chi connectivity index (χ2n) is 4.54. The van der Waals surface area contributed by atoms with Gasteiger partial charge in [0.15, 0.2) is 5.82 Å². The summed E-state index contributed by atoms with van der Waals surface area (Å²) in [7, 11) is 1.61. The van der Waals surface area contributed by atoms with Gasteiger partial charge in [0.25, 0.3) is 5.89 Å². The quantitative estimate of drug-likeness (QED) is 0.834. The number of aromatic nitrogens is 3. The van der Waals surface area contributed by atoms with Gasteiger partial charge in [0.2, 0.25) is 0 Å². The van der Waals surface area contributed by atoms with E-state index in [1.165, 1.54) is 11.4 Å². The minimum atomic E-state index is 0.364. The molecule has 0 aromatic carbocycles. The summed E-state index contributed by atoms with van der Waals surface area (Å²) in [6, 6.07) is 0.393. The van der Waals surface area contributed by atoms with E-state index in [-0.39, 0.29) is 0 Å². The zero-order valence-electron chi connectivity index (χ0n) is 10.8. The molecule has 3 rings (SSSR count). The highest BCUT2D eigenvalue weighted by Gasteiger charge is 2.28. The first kappa shape index (κ1) is 12.7. The third kappa shape index (κ3) is 2.83. The van der Waals surface area contributed by atoms with Gasteiger partial charge in [-0.2, -0.15) is 4.98 Å². The van der Waals surface area contributed by atoms with Gasteiger partial charge in [-0.15, -0.1) is 11.3 Å². The van der Waals surface area contributed by atoms with Crippen LogP contribution in [0.25, 0.3) is 0 Å². The Labute approximate surface area is 115 Å². The minimum absolute atomic E-state index is 0.364. The van der Waals surface area contributed by atoms with Crippen LogP contribution in [0.5, 0.6) is 0 Å². The molecule has 0 saturated carbocycles. The van der Waals surface area contributed by atoms with Crippen molar-refractivity contribution in [3.05, 3.63) is 28.3 Å². The fourth-order valence-electron chi connectivity index (χ4n) is 2.41. The van der Waals surface area contributed by atoms with E-state index in [9.17, 15) is 0 Å². The van der Waals surface area contributed by atoms with Crippen LogP contribution in [-0.4, -0.2) is 33.7 Å². The van der Waals surface area contributed by atoms with Crippen LogP contribution in [0.1, 0.15) is 35.6 Å². The maximum atomic E-state index is 5.12. The Hall–Kier alpha value is -1.31. The van der Waals surface area contributed by atoms with Gasteiger partial charge in [-0.05, 0) is 19.4 Å². The van der Waals surface area contributed by atoms with Gasteiger partial charge in [0.05, 0.1) is 12.6 Å². The lowest BCUT2D eigenvalue weighted by molar-refractivity contribution is 0.151. The van der Waals surface area contributed by atoms with Crippen molar-refractivity contribution in [3.63, 3.8) is 0 Å². The lowest BCUT2D eigenvalue weighted by atomic mass is 10.2. The van der Waals surface area contributed by atoms with Crippen molar-refractivity contribution in [1.29, 1.82) is 0 Å². The Balaban J connectivity index is 1.67. The first-order valence-corrected chi connectivity index (χ1v) is 7.18. The van der Waals surface area contributed by atoms with Crippen LogP contribution in [0.3, 0.4) is 0 Å². The second-order valence-corrected chi connectivity index (χ2v) is 5.46. The summed E-state index contributed by atoms with van der Waals surface area (Å²) in [4.78, 5) is 11.1. The minimum Gasteiger partial charge on any atom is -0.375 e. The van der Waals surface area contributed by atoms with Crippen molar-refractivity contribution < 1.29 is 9.26 Å². The summed E-state index contributed by atoms with van der Waals surface area (Å²) in [6.45, 7) is 2.12. The van der Waals surface area contributed by atoms with Crippen molar-refractivity contribution in [1.82, 2.24) is 20.0 Å². The van der Waals surface area contributed by atoms with Crippen molar-refractivity contribution in [2.75, 3.05) is 13.7 Å². The molecule has 2 aromatic heterocycles. The average Bonchev–Trinajstić information content (AvgIpc) is 3.11. The van der Waals surface area contributed by atoms with Crippen LogP contribution in [0, 0.1) is 0 Å². The summed E-state index contributed by atoms with van der Waals surface area (Å²) in [5.74, 6) is 1.25. The Morgan fingerprint density at radius 3 is 3.32 bits per heavy atom. The van der Waals surface area contributed by atoms with Crippen LogP contribution in [0.4, 0.5) is 0 Å². The van der Waals surface area contributed by atoms with Crippen molar-refractivity contribution in [3.8, 4) is 0 Å². The van der Waals surface area contributed by atoms with Crippen LogP contribution >= 0.6 is 11.3 Å². The number of ether oxygens (including phenoxy) is 1. The molecule has 0 amide bonds. The number of nitrogens with zero attached hydrogens (tertiary/aromatic N) is 4. The lowest BCUT2D eigenvalue weighted by Gasteiger charge is -2.20. The van der Waals surface area contributed by atoms with Crippen LogP contribution < -0.4 is 0 Å². The van der Waals surface area contributed by atoms with Gasteiger partial charge in [0.1, 0.15) is 11.6 Å². The fourth-order valence-corrected chi connectivity index (χ4v) is 3.22. The molecule has 1 atom stereocenters. The van der Waals surface area contributed by atoms with Crippen LogP contribution in [0.15, 0.2) is 16.1 Å². The third-order valence-corrected chi connectivity index (χ3v) is 4.10. The molecule has 1 aliphatic heterocycles. The van der Waals surface area contributed by atoms with E-state index in [1.54, 1.807) is 18.4 Å². The summed E-state index contributed by atoms with van der Waals surface area (Å²) in [5, 5.41) is 7.19. The standard InChI is InChI=1S/C12H16N4O2S/c1-17-8-11-14-10(15-18-11)7-16-5-2-3-9(16)12-13-4-6-19-12/h4,6,9H,2-3,5,7-8H2,1H3/t9-/m1/s1. The topological polar surface area (TPSA) is 64.3 Å². The van der Waals surface area contributed by atoms with Crippen molar-refractivity contribution in [2.24, 2.45) is 0 Å². The molecular formula is C12H16N4O2S. The van der Waals surface area contributed by atoms with Crippen molar-refractivity contribution >= 4 is 11.3 Å². The fraction of sp³-hybridized carbons (Fsp3) is 0.583. The number of hydrogen-bond donors (Lipinski definition) is 0. The van der Waals surface area contributed by atoms with Crippen molar-refractivity contribution in [2.45, 2.75) is 32.0 Å². The number of methoxy groups -OCH3 is 1. The van der Waals surface area contributed by atoms with E-state index < -0.39 is 0 Å². The van der Waals surface area contributed by atoms with Gasteiger partial charge >= 0.3 is 0 Å². The molecule has 2 aromatic rings. The van der Waals surface area contributed by atoms with Crippen LogP contribution in [-0.2, 0) is 17.9 Å². The molecule has 0 aliphatic carbocycles. The highest BCUT2D eigenvalue weighted by Crippen LogP contribution is 2.33. The Morgan fingerprint density at radius 1 is 1.58 bits per heavy atom. The van der Waals surface area contributed by atoms with Gasteiger partial charge in [0, 0.05) is 18.7 Å². The molecule has 1 saturated heterocycles. The molecule has 1 aliphatic rings. The SMILES string of the molecule is COCc1nc(CN2CCC[C@@H]2c2nccs2)no1. The molecule has 19 heavy (non-hydrogen) atoms. The predicted octanol–water partition coefficient (Wildman–Crippen LogP) is 2.01. The summed E-state index contributed by atoms with van der Waals surface area (Å²) < 4.78 is 10.1. The Kier molecular flexibility index (Phi) is 3.86. The molecule has 0 bridgehead atoms. The smallest absolute Gasteiger partial charge is 0.252 e. The number of rotatable bonds is 5. The Morgan fingerprint density at radius 2 is 2.53 bits per heavy atom. The highest BCUT2D eigenvalue weighted by molar-refractivity contribution is 7.09. The van der Waals surface area contributed by atoms with E-state index >= 15 is 0 Å². The maximum absolute atomic E-state index is 5.12. The Bertz CT molecular complexity index is 514. The van der Waals surface area contributed by atoms with E-state index in [0.717, 1.165) is 18.8 Å². The third-order valence-electron chi connectivity index (χ3n) is 3.22. The van der Waals surface area contributed by atoms with E-state index in [1.807, 2.05) is 11.6 Å². The second kappa shape index (κ2) is 5.77. The monoisotopic (exact) mass is 280 g/mol. The highest BCUT2D eigenvalue weighted by atomic mass is 32.1. The first-order chi connectivity index (χ1) is 9.36. The van der Waals surface area contributed by atoms with Gasteiger partial charge in [-0.1, -0.05) is 5.16 Å². The van der Waals surface area contributed by atoms with E-state index in [2.05, 4.69) is 20.0 Å². The van der Waals surface area contributed by atoms with E-state index in [0.29, 0.717) is 25.1 Å². The average molecular weight is 280 g/mol. The first-order valence-electron chi connectivity index (χ1n) is 6.30. The van der Waals surface area contributed by atoms with Crippen LogP contribution in [0.2, 0.25) is 0 Å². The molecule has 6 nitrogen and oxygen atoms in total. The molecule has 7 heteroatoms. The van der Waals surface area contributed by atoms with Gasteiger partial charge in [-0.3, -0.25) is 4.90 Å². The number of thiazole rings is 1. The number of likely N-dealkylation sites (tertiary alicyclic amines) is 1. The molecule has 0 spiro atoms. The zero-order chi connectivity index (χ0) is 13.1. The molecular weight excluding hydrogens is 264 g/mol. The summed E-state index contributed by atoms with van der Waals surface area (Å²) >= 11 is 1.71. The molecule has 102 valence electrons. The molecule has 0 radical (unpaired) electrons. The largest absolute Gasteiger partial charge is 0.375 e. The normalized spacial score (nSPS) is 20.2. The van der Waals surface area contributed by atoms with Gasteiger partial charge < -0.3 is 9.26 Å². The summed E-state index contributed by atoms with van der Waals surface area (Å²) in [5.41, 5.74) is 0. The molecule has 3 heterocycles. The zero-order valence-corrected chi connectivity index (χ0v) is 11.6.